The quantitative estimate of drug-likeness (QED) is 0.483. The van der Waals surface area contributed by atoms with Crippen LogP contribution in [0.15, 0.2) is 11.4 Å². The highest BCUT2D eigenvalue weighted by atomic mass is 19.3. The highest BCUT2D eigenvalue weighted by molar-refractivity contribution is 6.40. The minimum absolute atomic E-state index is 0.0512. The zero-order valence-electron chi connectivity index (χ0n) is 15.8. The third-order valence-electron chi connectivity index (χ3n) is 4.51. The maximum atomic E-state index is 13.7. The first-order valence-electron chi connectivity index (χ1n) is 8.65. The summed E-state index contributed by atoms with van der Waals surface area (Å²) < 4.78 is 29.0. The smallest absolute Gasteiger partial charge is 0.266 e. The number of oxime groups is 1. The van der Waals surface area contributed by atoms with Gasteiger partial charge in [0.15, 0.2) is 5.65 Å². The van der Waals surface area contributed by atoms with Gasteiger partial charge in [0, 0.05) is 18.4 Å². The van der Waals surface area contributed by atoms with E-state index in [0.717, 1.165) is 0 Å². The molecule has 146 valence electrons. The van der Waals surface area contributed by atoms with Crippen molar-refractivity contribution in [3.05, 3.63) is 12.0 Å². The van der Waals surface area contributed by atoms with Crippen molar-refractivity contribution >= 4 is 28.3 Å². The van der Waals surface area contributed by atoms with Crippen molar-refractivity contribution in [2.24, 2.45) is 5.16 Å². The molecule has 10 heteroatoms. The number of fused-ring (bicyclic) bond motifs is 1. The Morgan fingerprint density at radius 2 is 2.07 bits per heavy atom. The molecule has 0 aliphatic carbocycles. The number of anilines is 1. The van der Waals surface area contributed by atoms with E-state index in [1.165, 1.54) is 17.8 Å². The van der Waals surface area contributed by atoms with Gasteiger partial charge >= 0.3 is 0 Å². The molecule has 1 saturated heterocycles. The van der Waals surface area contributed by atoms with Crippen LogP contribution in [0.1, 0.15) is 39.9 Å². The second-order valence-electron chi connectivity index (χ2n) is 7.85. The van der Waals surface area contributed by atoms with E-state index in [9.17, 15) is 8.78 Å². The topological polar surface area (TPSA) is 103 Å². The average molecular weight is 379 g/mol. The fraction of sp³-hybridized carbons (Fsp3) is 0.588. The number of aromatic nitrogens is 4. The van der Waals surface area contributed by atoms with E-state index in [2.05, 4.69) is 20.2 Å². The zero-order chi connectivity index (χ0) is 20.0. The standard InChI is InChI=1S/C17H23F2N7O/c1-10(24-27)12(20)8-26-14-11(7-21-26)13(22-15(23-14)16(2,3)4)25-6-5-17(18,19)9-25/h7,20,27H,5-6,8-9H2,1-4H3/b20-12?,24-10-. The molecule has 2 aromatic rings. The summed E-state index contributed by atoms with van der Waals surface area (Å²) in [5, 5.41) is 24.7. The molecular formula is C17H23F2N7O. The average Bonchev–Trinajstić information content (AvgIpc) is 3.15. The third kappa shape index (κ3) is 3.74. The van der Waals surface area contributed by atoms with Gasteiger partial charge in [-0.25, -0.2) is 23.4 Å². The monoisotopic (exact) mass is 379 g/mol. The summed E-state index contributed by atoms with van der Waals surface area (Å²) in [6, 6.07) is 0. The molecule has 0 aromatic carbocycles. The van der Waals surface area contributed by atoms with Crippen molar-refractivity contribution in [1.29, 1.82) is 5.41 Å². The molecule has 27 heavy (non-hydrogen) atoms. The first-order chi connectivity index (χ1) is 12.5. The maximum absolute atomic E-state index is 13.7. The Bertz CT molecular complexity index is 914. The minimum atomic E-state index is -2.74. The maximum Gasteiger partial charge on any atom is 0.266 e. The van der Waals surface area contributed by atoms with Crippen LogP contribution in [0, 0.1) is 5.41 Å². The number of halogens is 2. The summed E-state index contributed by atoms with van der Waals surface area (Å²) in [6.45, 7) is 7.22. The largest absolute Gasteiger partial charge is 0.411 e. The molecule has 1 aliphatic rings. The Morgan fingerprint density at radius 1 is 1.37 bits per heavy atom. The molecule has 1 fully saturated rings. The molecule has 0 saturated carbocycles. The second kappa shape index (κ2) is 6.50. The van der Waals surface area contributed by atoms with Crippen LogP contribution in [0.2, 0.25) is 0 Å². The lowest BCUT2D eigenvalue weighted by Crippen LogP contribution is -2.27. The number of hydrogen-bond donors (Lipinski definition) is 2. The zero-order valence-corrected chi connectivity index (χ0v) is 15.8. The Hall–Kier alpha value is -2.65. The molecule has 0 bridgehead atoms. The molecule has 0 radical (unpaired) electrons. The predicted octanol–water partition coefficient (Wildman–Crippen LogP) is 2.84. The van der Waals surface area contributed by atoms with Gasteiger partial charge in [-0.15, -0.1) is 0 Å². The number of hydrogen-bond acceptors (Lipinski definition) is 7. The summed E-state index contributed by atoms with van der Waals surface area (Å²) in [5.41, 5.74) is 0.322. The van der Waals surface area contributed by atoms with Gasteiger partial charge in [0.05, 0.1) is 36.1 Å². The highest BCUT2D eigenvalue weighted by Crippen LogP contribution is 2.34. The lowest BCUT2D eigenvalue weighted by Gasteiger charge is -2.22. The van der Waals surface area contributed by atoms with E-state index in [1.807, 2.05) is 20.8 Å². The first kappa shape index (κ1) is 19.1. The van der Waals surface area contributed by atoms with Crippen molar-refractivity contribution in [2.75, 3.05) is 18.0 Å². The van der Waals surface area contributed by atoms with Gasteiger partial charge in [-0.05, 0) is 6.92 Å². The van der Waals surface area contributed by atoms with E-state index < -0.39 is 11.3 Å². The molecule has 3 heterocycles. The van der Waals surface area contributed by atoms with E-state index in [0.29, 0.717) is 22.7 Å². The van der Waals surface area contributed by atoms with Crippen molar-refractivity contribution in [3.8, 4) is 0 Å². The van der Waals surface area contributed by atoms with Gasteiger partial charge in [0.2, 0.25) is 0 Å². The summed E-state index contributed by atoms with van der Waals surface area (Å²) >= 11 is 0. The van der Waals surface area contributed by atoms with Crippen molar-refractivity contribution < 1.29 is 14.0 Å². The van der Waals surface area contributed by atoms with Crippen LogP contribution in [-0.2, 0) is 12.0 Å². The normalized spacial score (nSPS) is 17.7. The van der Waals surface area contributed by atoms with E-state index in [-0.39, 0.29) is 37.5 Å². The third-order valence-corrected chi connectivity index (χ3v) is 4.51. The molecule has 1 aliphatic heterocycles. The van der Waals surface area contributed by atoms with Crippen LogP contribution < -0.4 is 4.90 Å². The van der Waals surface area contributed by atoms with Crippen molar-refractivity contribution in [2.45, 2.75) is 52.0 Å². The Morgan fingerprint density at radius 3 is 2.63 bits per heavy atom. The molecule has 2 N–H and O–H groups in total. The SMILES string of the molecule is C/C(=N/O)C(=N)Cn1ncc2c(N3CCC(F)(F)C3)nc(C(C)(C)C)nc21. The molecule has 2 aromatic heterocycles. The van der Waals surface area contributed by atoms with Gasteiger partial charge in [-0.3, -0.25) is 0 Å². The highest BCUT2D eigenvalue weighted by Gasteiger charge is 2.40. The second-order valence-corrected chi connectivity index (χ2v) is 7.85. The van der Waals surface area contributed by atoms with Gasteiger partial charge in [-0.1, -0.05) is 25.9 Å². The van der Waals surface area contributed by atoms with Crippen molar-refractivity contribution in [3.63, 3.8) is 0 Å². The molecule has 0 unspecified atom stereocenters. The lowest BCUT2D eigenvalue weighted by atomic mass is 9.95. The Balaban J connectivity index is 2.11. The van der Waals surface area contributed by atoms with Crippen LogP contribution in [-0.4, -0.2) is 55.4 Å². The molecular weight excluding hydrogens is 356 g/mol. The number of rotatable bonds is 4. The van der Waals surface area contributed by atoms with E-state index >= 15 is 0 Å². The molecule has 8 nitrogen and oxygen atoms in total. The summed E-state index contributed by atoms with van der Waals surface area (Å²) in [5.74, 6) is -1.79. The fourth-order valence-corrected chi connectivity index (χ4v) is 2.87. The fourth-order valence-electron chi connectivity index (χ4n) is 2.87. The van der Waals surface area contributed by atoms with Crippen LogP contribution in [0.5, 0.6) is 0 Å². The lowest BCUT2D eigenvalue weighted by molar-refractivity contribution is 0.0257. The number of alkyl halides is 2. The van der Waals surface area contributed by atoms with Gasteiger partial charge in [0.25, 0.3) is 5.92 Å². The summed E-state index contributed by atoms with van der Waals surface area (Å²) in [6.07, 6.45) is 1.32. The van der Waals surface area contributed by atoms with Gasteiger partial charge in [-0.2, -0.15) is 5.10 Å². The molecule has 0 atom stereocenters. The number of nitrogens with one attached hydrogen (secondary N) is 1. The van der Waals surface area contributed by atoms with Crippen molar-refractivity contribution in [1.82, 2.24) is 19.7 Å². The summed E-state index contributed by atoms with van der Waals surface area (Å²) in [4.78, 5) is 10.7. The van der Waals surface area contributed by atoms with Crippen LogP contribution in [0.25, 0.3) is 11.0 Å². The van der Waals surface area contributed by atoms with E-state index in [1.54, 1.807) is 4.90 Å². The van der Waals surface area contributed by atoms with Crippen LogP contribution >= 0.6 is 0 Å². The molecule has 0 spiro atoms. The first-order valence-corrected chi connectivity index (χ1v) is 8.65. The predicted molar refractivity (Wildman–Crippen MR) is 98.4 cm³/mol. The van der Waals surface area contributed by atoms with E-state index in [4.69, 9.17) is 10.6 Å². The Kier molecular flexibility index (Phi) is 4.61. The molecule has 0 amide bonds. The number of nitrogens with zero attached hydrogens (tertiary/aromatic N) is 6. The summed E-state index contributed by atoms with van der Waals surface area (Å²) in [7, 11) is 0. The Labute approximate surface area is 155 Å². The van der Waals surface area contributed by atoms with Gasteiger partial charge in [0.1, 0.15) is 11.6 Å². The molecule has 3 rings (SSSR count). The van der Waals surface area contributed by atoms with Crippen LogP contribution in [0.3, 0.4) is 0 Å². The van der Waals surface area contributed by atoms with Gasteiger partial charge < -0.3 is 15.5 Å². The minimum Gasteiger partial charge on any atom is -0.411 e. The van der Waals surface area contributed by atoms with Crippen LogP contribution in [0.4, 0.5) is 14.6 Å².